The average molecular weight is 272 g/mol. The minimum atomic E-state index is -0.994. The third-order valence-electron chi connectivity index (χ3n) is 2.73. The van der Waals surface area contributed by atoms with Gasteiger partial charge in [-0.15, -0.1) is 0 Å². The maximum atomic E-state index is 12.0. The van der Waals surface area contributed by atoms with E-state index < -0.39 is 18.8 Å². The lowest BCUT2D eigenvalue weighted by Crippen LogP contribution is -2.48. The quantitative estimate of drug-likeness (QED) is 0.853. The minimum Gasteiger partial charge on any atom is -0.479 e. The van der Waals surface area contributed by atoms with E-state index in [0.29, 0.717) is 16.5 Å². The van der Waals surface area contributed by atoms with Gasteiger partial charge in [0.25, 0.3) is 5.91 Å². The summed E-state index contributed by atoms with van der Waals surface area (Å²) in [6.07, 6.45) is -1.62. The van der Waals surface area contributed by atoms with Gasteiger partial charge in [-0.2, -0.15) is 0 Å². The van der Waals surface area contributed by atoms with Crippen LogP contribution in [0.15, 0.2) is 18.2 Å². The lowest BCUT2D eigenvalue weighted by molar-refractivity contribution is -0.126. The molecule has 1 aromatic rings. The van der Waals surface area contributed by atoms with Crippen LogP contribution < -0.4 is 9.64 Å². The lowest BCUT2D eigenvalue weighted by atomic mass is 10.1. The fraction of sp³-hybridized carbons (Fsp3) is 0.417. The fourth-order valence-electron chi connectivity index (χ4n) is 1.84. The second kappa shape index (κ2) is 5.14. The molecule has 0 aromatic heterocycles. The molecule has 2 rings (SSSR count). The number of β-amino-alcohol motifs (C(OH)–C–C–N with tert-alkyl or cyclic N) is 1. The molecule has 1 aliphatic rings. The highest BCUT2D eigenvalue weighted by atomic mass is 35.5. The molecule has 1 aliphatic heterocycles. The van der Waals surface area contributed by atoms with E-state index in [1.165, 1.54) is 4.90 Å². The van der Waals surface area contributed by atoms with Gasteiger partial charge >= 0.3 is 0 Å². The number of ether oxygens (including phenoxy) is 1. The number of amides is 1. The van der Waals surface area contributed by atoms with Crippen LogP contribution >= 0.6 is 11.6 Å². The minimum absolute atomic E-state index is 0.0103. The van der Waals surface area contributed by atoms with Gasteiger partial charge in [-0.05, 0) is 25.1 Å². The van der Waals surface area contributed by atoms with Crippen LogP contribution in [-0.4, -0.2) is 41.5 Å². The Labute approximate surface area is 110 Å². The van der Waals surface area contributed by atoms with Crippen LogP contribution in [0.1, 0.15) is 6.92 Å². The normalized spacial score (nSPS) is 20.3. The first-order valence-corrected chi connectivity index (χ1v) is 5.97. The van der Waals surface area contributed by atoms with Crippen LogP contribution in [0.25, 0.3) is 0 Å². The van der Waals surface area contributed by atoms with Crippen molar-refractivity contribution in [2.24, 2.45) is 0 Å². The van der Waals surface area contributed by atoms with Crippen molar-refractivity contribution in [2.75, 3.05) is 18.1 Å². The predicted octanol–water partition coefficient (Wildman–Crippen LogP) is 0.807. The topological polar surface area (TPSA) is 70.0 Å². The Hall–Kier alpha value is -1.30. The van der Waals surface area contributed by atoms with Crippen LogP contribution in [0, 0.1) is 0 Å². The largest absolute Gasteiger partial charge is 0.479 e. The maximum Gasteiger partial charge on any atom is 0.267 e. The highest BCUT2D eigenvalue weighted by Gasteiger charge is 2.32. The Morgan fingerprint density at radius 2 is 2.28 bits per heavy atom. The molecule has 0 fully saturated rings. The number of halogens is 1. The summed E-state index contributed by atoms with van der Waals surface area (Å²) in [4.78, 5) is 13.4. The Bertz CT molecular complexity index is 465. The molecule has 0 bridgehead atoms. The van der Waals surface area contributed by atoms with E-state index in [0.717, 1.165) is 0 Å². The molecule has 2 N–H and O–H groups in total. The molecule has 1 aromatic carbocycles. The van der Waals surface area contributed by atoms with Crippen molar-refractivity contribution in [1.82, 2.24) is 0 Å². The summed E-state index contributed by atoms with van der Waals surface area (Å²) >= 11 is 5.89. The van der Waals surface area contributed by atoms with E-state index in [1.54, 1.807) is 25.1 Å². The highest BCUT2D eigenvalue weighted by Crippen LogP contribution is 2.36. The van der Waals surface area contributed by atoms with Crippen LogP contribution in [0.3, 0.4) is 0 Å². The number of carbonyl (C=O) groups excluding carboxylic acids is 1. The van der Waals surface area contributed by atoms with Gasteiger partial charge in [-0.25, -0.2) is 0 Å². The molecule has 5 nitrogen and oxygen atoms in total. The number of benzene rings is 1. The summed E-state index contributed by atoms with van der Waals surface area (Å²) in [7, 11) is 0. The number of fused-ring (bicyclic) bond motifs is 1. The van der Waals surface area contributed by atoms with Crippen molar-refractivity contribution in [1.29, 1.82) is 0 Å². The smallest absolute Gasteiger partial charge is 0.267 e. The van der Waals surface area contributed by atoms with E-state index in [-0.39, 0.29) is 12.5 Å². The second-order valence-electron chi connectivity index (χ2n) is 4.16. The van der Waals surface area contributed by atoms with Crippen molar-refractivity contribution < 1.29 is 19.7 Å². The fourth-order valence-corrected chi connectivity index (χ4v) is 2.00. The zero-order valence-corrected chi connectivity index (χ0v) is 10.6. The van der Waals surface area contributed by atoms with Crippen LogP contribution in [0.4, 0.5) is 5.69 Å². The first kappa shape index (κ1) is 13.1. The Morgan fingerprint density at radius 1 is 1.56 bits per heavy atom. The number of carbonyl (C=O) groups is 1. The maximum absolute atomic E-state index is 12.0. The van der Waals surface area contributed by atoms with Gasteiger partial charge < -0.3 is 19.8 Å². The first-order chi connectivity index (χ1) is 8.52. The number of rotatable bonds is 3. The third-order valence-corrected chi connectivity index (χ3v) is 2.97. The summed E-state index contributed by atoms with van der Waals surface area (Å²) in [6.45, 7) is 1.24. The van der Waals surface area contributed by atoms with Gasteiger partial charge in [-0.3, -0.25) is 4.79 Å². The van der Waals surface area contributed by atoms with Crippen molar-refractivity contribution in [3.05, 3.63) is 23.2 Å². The molecule has 0 aliphatic carbocycles. The van der Waals surface area contributed by atoms with E-state index in [4.69, 9.17) is 21.4 Å². The second-order valence-corrected chi connectivity index (χ2v) is 4.59. The van der Waals surface area contributed by atoms with Crippen LogP contribution in [0.5, 0.6) is 5.75 Å². The van der Waals surface area contributed by atoms with Gasteiger partial charge in [0, 0.05) is 5.02 Å². The third kappa shape index (κ3) is 2.43. The first-order valence-electron chi connectivity index (χ1n) is 5.59. The molecule has 0 radical (unpaired) electrons. The van der Waals surface area contributed by atoms with Gasteiger partial charge in [-0.1, -0.05) is 11.6 Å². The molecule has 1 heterocycles. The number of hydrogen-bond donors (Lipinski definition) is 2. The van der Waals surface area contributed by atoms with Gasteiger partial charge in [0.2, 0.25) is 0 Å². The lowest BCUT2D eigenvalue weighted by Gasteiger charge is -2.34. The Kier molecular flexibility index (Phi) is 3.75. The molecular weight excluding hydrogens is 258 g/mol. The van der Waals surface area contributed by atoms with E-state index in [2.05, 4.69) is 0 Å². The number of hydrogen-bond acceptors (Lipinski definition) is 4. The highest BCUT2D eigenvalue weighted by molar-refractivity contribution is 6.31. The van der Waals surface area contributed by atoms with Crippen molar-refractivity contribution >= 4 is 23.2 Å². The SMILES string of the molecule is C[C@@H]1Oc2ccc(Cl)cc2N(C[C@H](O)CO)C1=O. The molecule has 0 spiro atoms. The van der Waals surface area contributed by atoms with Crippen molar-refractivity contribution in [3.63, 3.8) is 0 Å². The van der Waals surface area contributed by atoms with E-state index in [9.17, 15) is 9.90 Å². The molecule has 0 unspecified atom stereocenters. The summed E-state index contributed by atoms with van der Waals surface area (Å²) in [5.41, 5.74) is 0.512. The number of aliphatic hydroxyl groups excluding tert-OH is 2. The van der Waals surface area contributed by atoms with Gasteiger partial charge in [0.15, 0.2) is 6.10 Å². The molecular formula is C12H14ClNO4. The molecule has 0 saturated carbocycles. The molecule has 2 atom stereocenters. The van der Waals surface area contributed by atoms with Crippen LogP contribution in [-0.2, 0) is 4.79 Å². The van der Waals surface area contributed by atoms with Gasteiger partial charge in [0.05, 0.1) is 24.9 Å². The zero-order valence-electron chi connectivity index (χ0n) is 9.84. The molecule has 0 saturated heterocycles. The van der Waals surface area contributed by atoms with Crippen molar-refractivity contribution in [2.45, 2.75) is 19.1 Å². The Balaban J connectivity index is 2.37. The van der Waals surface area contributed by atoms with Gasteiger partial charge in [0.1, 0.15) is 5.75 Å². The predicted molar refractivity (Wildman–Crippen MR) is 67.0 cm³/mol. The summed E-state index contributed by atoms with van der Waals surface area (Å²) < 4.78 is 5.45. The van der Waals surface area contributed by atoms with E-state index >= 15 is 0 Å². The number of nitrogens with zero attached hydrogens (tertiary/aromatic N) is 1. The number of anilines is 1. The molecule has 1 amide bonds. The summed E-state index contributed by atoms with van der Waals surface area (Å²) in [5, 5.41) is 18.8. The van der Waals surface area contributed by atoms with E-state index in [1.807, 2.05) is 0 Å². The van der Waals surface area contributed by atoms with Crippen molar-refractivity contribution in [3.8, 4) is 5.75 Å². The average Bonchev–Trinajstić information content (AvgIpc) is 2.35. The zero-order chi connectivity index (χ0) is 13.3. The molecule has 18 heavy (non-hydrogen) atoms. The monoisotopic (exact) mass is 271 g/mol. The summed E-state index contributed by atoms with van der Waals surface area (Å²) in [5.74, 6) is 0.272. The number of aliphatic hydroxyl groups is 2. The summed E-state index contributed by atoms with van der Waals surface area (Å²) in [6, 6.07) is 4.95. The molecule has 98 valence electrons. The standard InChI is InChI=1S/C12H14ClNO4/c1-7-12(17)14(5-9(16)6-15)10-4-8(13)2-3-11(10)18-7/h2-4,7,9,15-16H,5-6H2,1H3/t7-,9-/m0/s1. The Morgan fingerprint density at radius 3 is 2.94 bits per heavy atom. The molecule has 6 heteroatoms. The van der Waals surface area contributed by atoms with Crippen LogP contribution in [0.2, 0.25) is 5.02 Å².